The molecular formula is C48H90F6N12. The highest BCUT2D eigenvalue weighted by Gasteiger charge is 2.00. The van der Waals surface area contributed by atoms with E-state index in [0.29, 0.717) is 0 Å². The van der Waals surface area contributed by atoms with Gasteiger partial charge in [0.2, 0.25) is 38.0 Å². The van der Waals surface area contributed by atoms with Crippen LogP contribution in [0.3, 0.4) is 0 Å². The number of nitrogens with zero attached hydrogens (tertiary/aromatic N) is 12. The van der Waals surface area contributed by atoms with E-state index in [0.717, 1.165) is 39.3 Å². The predicted molar refractivity (Wildman–Crippen MR) is 243 cm³/mol. The number of halogens is 6. The average Bonchev–Trinajstić information content (AvgIpc) is 4.12. The Bertz CT molecular complexity index is 1520. The molecule has 18 heteroatoms. The SMILES string of the molecule is CCCCn1cc[n+](C)c1.CCCCn1cc[n+](C)c1.CCCCn1cc[n+](C)c1.CCCCn1cc[n+](C)c1.CCCCn1cc[n+](C)c1.CCCCn1cc[n+](C)c1.[F-].[F-].[F-].[F-].[F-].[F-]. The van der Waals surface area contributed by atoms with Gasteiger partial charge in [0.05, 0.1) is 81.6 Å². The summed E-state index contributed by atoms with van der Waals surface area (Å²) in [6, 6.07) is 0. The molecule has 6 aromatic heterocycles. The van der Waals surface area contributed by atoms with Crippen LogP contribution in [0.4, 0.5) is 0 Å². The van der Waals surface area contributed by atoms with Crippen LogP contribution in [0.25, 0.3) is 0 Å². The fourth-order valence-electron chi connectivity index (χ4n) is 5.85. The second kappa shape index (κ2) is 46.4. The molecule has 0 aliphatic heterocycles. The minimum Gasteiger partial charge on any atom is -1.00 e. The first-order chi connectivity index (χ1) is 29.0. The van der Waals surface area contributed by atoms with Crippen LogP contribution in [0.1, 0.15) is 119 Å². The lowest BCUT2D eigenvalue weighted by atomic mass is 10.3. The van der Waals surface area contributed by atoms with Crippen LogP contribution in [-0.4, -0.2) is 27.4 Å². The quantitative estimate of drug-likeness (QED) is 0.0609. The van der Waals surface area contributed by atoms with E-state index in [1.165, 1.54) is 77.0 Å². The highest BCUT2D eigenvalue weighted by Crippen LogP contribution is 1.95. The smallest absolute Gasteiger partial charge is 0.243 e. The maximum atomic E-state index is 2.21. The molecule has 384 valence electrons. The van der Waals surface area contributed by atoms with Gasteiger partial charge in [0, 0.05) is 0 Å². The zero-order chi connectivity index (χ0) is 44.4. The topological polar surface area (TPSA) is 52.9 Å². The third-order valence-electron chi connectivity index (χ3n) is 9.56. The lowest BCUT2D eigenvalue weighted by Crippen LogP contribution is -3.00. The zero-order valence-electron chi connectivity index (χ0n) is 42.8. The van der Waals surface area contributed by atoms with Gasteiger partial charge in [-0.1, -0.05) is 80.1 Å². The van der Waals surface area contributed by atoms with Crippen LogP contribution in [0, 0.1) is 0 Å². The Balaban J connectivity index is -0.000000161. The normalized spacial score (nSPS) is 9.27. The molecule has 0 unspecified atom stereocenters. The van der Waals surface area contributed by atoms with E-state index in [-0.39, 0.29) is 28.2 Å². The molecule has 0 atom stereocenters. The van der Waals surface area contributed by atoms with Crippen LogP contribution in [0.2, 0.25) is 0 Å². The summed E-state index contributed by atoms with van der Waals surface area (Å²) >= 11 is 0. The molecule has 0 aromatic carbocycles. The second-order valence-corrected chi connectivity index (χ2v) is 16.0. The number of hydrogen-bond acceptors (Lipinski definition) is 0. The van der Waals surface area contributed by atoms with Crippen LogP contribution in [0.5, 0.6) is 0 Å². The first-order valence-electron chi connectivity index (χ1n) is 23.0. The number of hydrogen-bond donors (Lipinski definition) is 0. The zero-order valence-corrected chi connectivity index (χ0v) is 42.8. The summed E-state index contributed by atoms with van der Waals surface area (Å²) in [6.45, 7) is 20.2. The van der Waals surface area contributed by atoms with Gasteiger partial charge in [-0.05, 0) is 38.5 Å². The Morgan fingerprint density at radius 2 is 0.364 bits per heavy atom. The molecule has 6 aromatic rings. The molecule has 0 saturated carbocycles. The van der Waals surface area contributed by atoms with E-state index in [9.17, 15) is 0 Å². The molecule has 0 N–H and O–H groups in total. The van der Waals surface area contributed by atoms with Gasteiger partial charge in [-0.3, -0.25) is 0 Å². The fourth-order valence-corrected chi connectivity index (χ4v) is 5.85. The molecule has 0 saturated heterocycles. The summed E-state index contributed by atoms with van der Waals surface area (Å²) in [5, 5.41) is 0. The van der Waals surface area contributed by atoms with Gasteiger partial charge in [0.25, 0.3) is 0 Å². The molecule has 0 amide bonds. The largest absolute Gasteiger partial charge is 1.00 e. The molecule has 12 nitrogen and oxygen atoms in total. The maximum Gasteiger partial charge on any atom is 0.243 e. The molecule has 0 spiro atoms. The highest BCUT2D eigenvalue weighted by molar-refractivity contribution is 4.68. The molecule has 0 fully saturated rings. The summed E-state index contributed by atoms with van der Waals surface area (Å²) in [7, 11) is 12.3. The summed E-state index contributed by atoms with van der Waals surface area (Å²) in [5.41, 5.74) is 0. The Morgan fingerprint density at radius 3 is 0.439 bits per heavy atom. The van der Waals surface area contributed by atoms with E-state index in [1.54, 1.807) is 0 Å². The van der Waals surface area contributed by atoms with Crippen molar-refractivity contribution in [3.8, 4) is 0 Å². The minimum absolute atomic E-state index is 0. The molecule has 0 aliphatic rings. The molecule has 0 bridgehead atoms. The lowest BCUT2D eigenvalue weighted by Gasteiger charge is -1.90. The van der Waals surface area contributed by atoms with Gasteiger partial charge < -0.3 is 28.2 Å². The van der Waals surface area contributed by atoms with Crippen LogP contribution >= 0.6 is 0 Å². The minimum atomic E-state index is 0. The Kier molecular flexibility index (Phi) is 50.9. The number of unbranched alkanes of at least 4 members (excludes halogenated alkanes) is 6. The van der Waals surface area contributed by atoms with Crippen molar-refractivity contribution in [3.05, 3.63) is 112 Å². The van der Waals surface area contributed by atoms with Gasteiger partial charge in [-0.2, -0.15) is 0 Å². The lowest BCUT2D eigenvalue weighted by molar-refractivity contribution is -0.671. The standard InChI is InChI=1S/6C8H15N2.6FH/c6*1-3-4-5-10-7-6-9(2)8-10;;;;;;/h6*6-8H,3-5H2,1-2H3;6*1H/q6*+1;;;;;;/p-6. The molecule has 0 aliphatic carbocycles. The molecular weight excluding hydrogens is 859 g/mol. The second-order valence-electron chi connectivity index (χ2n) is 16.0. The summed E-state index contributed by atoms with van der Waals surface area (Å²) in [4.78, 5) is 0. The summed E-state index contributed by atoms with van der Waals surface area (Å²) in [5.74, 6) is 0. The molecule has 0 radical (unpaired) electrons. The number of aryl methyl sites for hydroxylation is 12. The van der Waals surface area contributed by atoms with Gasteiger partial charge in [-0.15, -0.1) is 0 Å². The van der Waals surface area contributed by atoms with Gasteiger partial charge >= 0.3 is 0 Å². The van der Waals surface area contributed by atoms with Crippen molar-refractivity contribution in [2.24, 2.45) is 42.3 Å². The van der Waals surface area contributed by atoms with Gasteiger partial charge in [0.15, 0.2) is 0 Å². The van der Waals surface area contributed by atoms with Gasteiger partial charge in [-0.25, -0.2) is 54.8 Å². The maximum absolute atomic E-state index is 2.21. The van der Waals surface area contributed by atoms with Crippen LogP contribution in [-0.2, 0) is 81.6 Å². The monoisotopic (exact) mass is 949 g/mol. The predicted octanol–water partition coefficient (Wildman–Crippen LogP) is -11.3. The van der Waals surface area contributed by atoms with E-state index < -0.39 is 0 Å². The number of rotatable bonds is 18. The van der Waals surface area contributed by atoms with Crippen molar-refractivity contribution in [3.63, 3.8) is 0 Å². The summed E-state index contributed by atoms with van der Waals surface area (Å²) in [6.07, 6.45) is 52.9. The Hall–Kier alpha value is -5.16. The average molecular weight is 949 g/mol. The molecule has 6 rings (SSSR count). The van der Waals surface area contributed by atoms with Crippen molar-refractivity contribution in [2.45, 2.75) is 158 Å². The summed E-state index contributed by atoms with van der Waals surface area (Å²) < 4.78 is 25.7. The van der Waals surface area contributed by atoms with Crippen molar-refractivity contribution in [1.29, 1.82) is 0 Å². The van der Waals surface area contributed by atoms with Crippen molar-refractivity contribution < 1.29 is 55.6 Å². The van der Waals surface area contributed by atoms with Crippen molar-refractivity contribution >= 4 is 0 Å². The highest BCUT2D eigenvalue weighted by atomic mass is 19.0. The third-order valence-corrected chi connectivity index (χ3v) is 9.56. The van der Waals surface area contributed by atoms with E-state index >= 15 is 0 Å². The fraction of sp³-hybridized carbons (Fsp3) is 0.625. The molecule has 6 heterocycles. The third kappa shape index (κ3) is 37.1. The van der Waals surface area contributed by atoms with Crippen molar-refractivity contribution in [1.82, 2.24) is 27.4 Å². The van der Waals surface area contributed by atoms with E-state index in [2.05, 4.69) is 209 Å². The first-order valence-corrected chi connectivity index (χ1v) is 23.0. The van der Waals surface area contributed by atoms with Crippen LogP contribution in [0.15, 0.2) is 112 Å². The Labute approximate surface area is 394 Å². The Morgan fingerprint density at radius 1 is 0.242 bits per heavy atom. The van der Waals surface area contributed by atoms with Crippen molar-refractivity contribution in [2.75, 3.05) is 0 Å². The van der Waals surface area contributed by atoms with E-state index in [1.807, 2.05) is 42.3 Å². The first kappa shape index (κ1) is 72.4. The number of imidazole rings is 6. The van der Waals surface area contributed by atoms with Crippen LogP contribution < -0.4 is 55.6 Å². The number of aromatic nitrogens is 12. The molecule has 66 heavy (non-hydrogen) atoms. The van der Waals surface area contributed by atoms with Gasteiger partial charge in [0.1, 0.15) is 74.4 Å². The van der Waals surface area contributed by atoms with E-state index in [4.69, 9.17) is 0 Å².